The number of hydrogen-bond donors (Lipinski definition) is 4. The van der Waals surface area contributed by atoms with Gasteiger partial charge in [0.1, 0.15) is 6.54 Å². The monoisotopic (exact) mass is 233 g/mol. The second-order valence-electron chi connectivity index (χ2n) is 3.02. The van der Waals surface area contributed by atoms with Crippen LogP contribution in [0.25, 0.3) is 0 Å². The molecular formula is C8H15N3O5. The van der Waals surface area contributed by atoms with Crippen LogP contribution in [-0.2, 0) is 9.59 Å². The van der Waals surface area contributed by atoms with Crippen molar-refractivity contribution in [3.63, 3.8) is 0 Å². The lowest BCUT2D eigenvalue weighted by Crippen LogP contribution is -2.47. The van der Waals surface area contributed by atoms with Gasteiger partial charge >= 0.3 is 12.0 Å². The number of carboxylic acid groups (broad SMARTS) is 1. The first-order valence-corrected chi connectivity index (χ1v) is 4.60. The molecule has 0 saturated heterocycles. The number of rotatable bonds is 6. The number of carbonyl (C=O) groups excluding carboxylic acids is 2. The van der Waals surface area contributed by atoms with Crippen LogP contribution >= 0.6 is 0 Å². The summed E-state index contributed by atoms with van der Waals surface area (Å²) < 4.78 is 0. The average molecular weight is 233 g/mol. The fourth-order valence-electron chi connectivity index (χ4n) is 0.898. The number of primary amides is 1. The molecule has 0 aromatic heterocycles. The van der Waals surface area contributed by atoms with Gasteiger partial charge in [0, 0.05) is 6.54 Å². The lowest BCUT2D eigenvalue weighted by molar-refractivity contribution is -0.146. The summed E-state index contributed by atoms with van der Waals surface area (Å²) in [6.07, 6.45) is -1.67. The molecule has 92 valence electrons. The first-order valence-electron chi connectivity index (χ1n) is 4.60. The van der Waals surface area contributed by atoms with Gasteiger partial charge in [0.25, 0.3) is 0 Å². The molecule has 0 fully saturated rings. The second-order valence-corrected chi connectivity index (χ2v) is 3.02. The third kappa shape index (κ3) is 5.15. The zero-order chi connectivity index (χ0) is 12.7. The van der Waals surface area contributed by atoms with E-state index in [0.29, 0.717) is 0 Å². The van der Waals surface area contributed by atoms with E-state index in [9.17, 15) is 14.4 Å². The minimum atomic E-state index is -1.67. The molecule has 0 bridgehead atoms. The van der Waals surface area contributed by atoms with Crippen molar-refractivity contribution >= 4 is 17.9 Å². The van der Waals surface area contributed by atoms with E-state index in [-0.39, 0.29) is 13.1 Å². The Balaban J connectivity index is 4.12. The topological polar surface area (TPSA) is 133 Å². The zero-order valence-electron chi connectivity index (χ0n) is 8.84. The van der Waals surface area contributed by atoms with Crippen molar-refractivity contribution in [1.29, 1.82) is 0 Å². The van der Waals surface area contributed by atoms with E-state index in [1.807, 2.05) is 0 Å². The minimum absolute atomic E-state index is 0.248. The van der Waals surface area contributed by atoms with Crippen LogP contribution in [0.1, 0.15) is 6.92 Å². The van der Waals surface area contributed by atoms with Crippen molar-refractivity contribution in [1.82, 2.24) is 10.2 Å². The Hall–Kier alpha value is -1.83. The number of nitrogens with two attached hydrogens (primary N) is 1. The van der Waals surface area contributed by atoms with Crippen LogP contribution in [0.4, 0.5) is 4.79 Å². The van der Waals surface area contributed by atoms with Crippen molar-refractivity contribution in [2.75, 3.05) is 19.6 Å². The van der Waals surface area contributed by atoms with E-state index in [2.05, 4.69) is 5.32 Å². The summed E-state index contributed by atoms with van der Waals surface area (Å²) in [5, 5.41) is 19.4. The minimum Gasteiger partial charge on any atom is -0.479 e. The predicted octanol–water partition coefficient (Wildman–Crippen LogP) is -2.05. The molecule has 0 unspecified atom stereocenters. The van der Waals surface area contributed by atoms with Crippen molar-refractivity contribution in [2.24, 2.45) is 5.73 Å². The standard InChI is InChI=1S/C8H15N3O5/c1-2-11(4-6(9)13)8(16)10-3-5(12)7(14)15/h5,12H,2-4H2,1H3,(H2,9,13)(H,10,16)(H,14,15)/t5-/m0/s1. The van der Waals surface area contributed by atoms with E-state index >= 15 is 0 Å². The van der Waals surface area contributed by atoms with Gasteiger partial charge in [-0.15, -0.1) is 0 Å². The summed E-state index contributed by atoms with van der Waals surface area (Å²) in [5.74, 6) is -2.10. The maximum Gasteiger partial charge on any atom is 0.334 e. The Bertz CT molecular complexity index is 281. The molecule has 8 nitrogen and oxygen atoms in total. The normalized spacial score (nSPS) is 11.6. The molecule has 0 spiro atoms. The van der Waals surface area contributed by atoms with Crippen molar-refractivity contribution in [3.8, 4) is 0 Å². The Morgan fingerprint density at radius 1 is 1.44 bits per heavy atom. The summed E-state index contributed by atoms with van der Waals surface area (Å²) >= 11 is 0. The Kier molecular flexibility index (Phi) is 5.86. The van der Waals surface area contributed by atoms with Crippen LogP contribution in [0.2, 0.25) is 0 Å². The number of aliphatic carboxylic acids is 1. The molecule has 0 radical (unpaired) electrons. The number of likely N-dealkylation sites (N-methyl/N-ethyl adjacent to an activating group) is 1. The molecule has 1 atom stereocenters. The molecular weight excluding hydrogens is 218 g/mol. The van der Waals surface area contributed by atoms with Crippen molar-refractivity contribution in [2.45, 2.75) is 13.0 Å². The lowest BCUT2D eigenvalue weighted by atomic mass is 10.3. The van der Waals surface area contributed by atoms with Crippen LogP contribution < -0.4 is 11.1 Å². The van der Waals surface area contributed by atoms with Gasteiger partial charge in [0.2, 0.25) is 5.91 Å². The SMILES string of the molecule is CCN(CC(N)=O)C(=O)NC[C@H](O)C(=O)O. The zero-order valence-corrected chi connectivity index (χ0v) is 8.84. The maximum atomic E-state index is 11.3. The number of nitrogens with one attached hydrogen (secondary N) is 1. The van der Waals surface area contributed by atoms with E-state index < -0.39 is 30.6 Å². The smallest absolute Gasteiger partial charge is 0.334 e. The van der Waals surface area contributed by atoms with E-state index in [4.69, 9.17) is 15.9 Å². The summed E-state index contributed by atoms with van der Waals surface area (Å²) in [6, 6.07) is -0.651. The number of carboxylic acids is 1. The predicted molar refractivity (Wildman–Crippen MR) is 53.5 cm³/mol. The van der Waals surface area contributed by atoms with E-state index in [0.717, 1.165) is 4.90 Å². The first kappa shape index (κ1) is 14.2. The molecule has 0 rings (SSSR count). The fraction of sp³-hybridized carbons (Fsp3) is 0.625. The number of urea groups is 1. The summed E-state index contributed by atoms with van der Waals surface area (Å²) in [4.78, 5) is 33.3. The van der Waals surface area contributed by atoms with Crippen LogP contribution in [-0.4, -0.2) is 58.8 Å². The summed E-state index contributed by atoms with van der Waals surface area (Å²) in [6.45, 7) is 1.20. The van der Waals surface area contributed by atoms with Crippen LogP contribution in [0.15, 0.2) is 0 Å². The largest absolute Gasteiger partial charge is 0.479 e. The van der Waals surface area contributed by atoms with E-state index in [1.165, 1.54) is 0 Å². The van der Waals surface area contributed by atoms with Gasteiger partial charge in [-0.2, -0.15) is 0 Å². The number of aliphatic hydroxyl groups is 1. The van der Waals surface area contributed by atoms with Crippen LogP contribution in [0.3, 0.4) is 0 Å². The molecule has 0 heterocycles. The quantitative estimate of drug-likeness (QED) is 0.419. The molecule has 0 aromatic carbocycles. The molecule has 3 amide bonds. The third-order valence-corrected chi connectivity index (χ3v) is 1.75. The Labute approximate surface area is 92.0 Å². The number of carbonyl (C=O) groups is 3. The highest BCUT2D eigenvalue weighted by Crippen LogP contribution is 1.89. The molecule has 0 saturated carbocycles. The molecule has 16 heavy (non-hydrogen) atoms. The third-order valence-electron chi connectivity index (χ3n) is 1.75. The average Bonchev–Trinajstić information content (AvgIpc) is 2.21. The van der Waals surface area contributed by atoms with Gasteiger partial charge < -0.3 is 26.2 Å². The first-order chi connectivity index (χ1) is 7.38. The summed E-state index contributed by atoms with van der Waals surface area (Å²) in [5.41, 5.74) is 4.91. The van der Waals surface area contributed by atoms with Gasteiger partial charge in [-0.25, -0.2) is 9.59 Å². The van der Waals surface area contributed by atoms with Gasteiger partial charge in [0.15, 0.2) is 6.10 Å². The Morgan fingerprint density at radius 3 is 2.38 bits per heavy atom. The highest BCUT2D eigenvalue weighted by Gasteiger charge is 2.17. The van der Waals surface area contributed by atoms with E-state index in [1.54, 1.807) is 6.92 Å². The molecule has 0 aliphatic carbocycles. The van der Waals surface area contributed by atoms with Crippen molar-refractivity contribution in [3.05, 3.63) is 0 Å². The van der Waals surface area contributed by atoms with Crippen LogP contribution in [0, 0.1) is 0 Å². The number of hydrogen-bond acceptors (Lipinski definition) is 4. The van der Waals surface area contributed by atoms with Crippen LogP contribution in [0.5, 0.6) is 0 Å². The molecule has 0 aromatic rings. The molecule has 0 aliphatic rings. The van der Waals surface area contributed by atoms with Gasteiger partial charge in [-0.3, -0.25) is 4.79 Å². The summed E-state index contributed by atoms with van der Waals surface area (Å²) in [7, 11) is 0. The fourth-order valence-corrected chi connectivity index (χ4v) is 0.898. The number of amides is 3. The molecule has 8 heteroatoms. The molecule has 0 aliphatic heterocycles. The molecule has 5 N–H and O–H groups in total. The Morgan fingerprint density at radius 2 is 2.00 bits per heavy atom. The highest BCUT2D eigenvalue weighted by atomic mass is 16.4. The number of nitrogens with zero attached hydrogens (tertiary/aromatic N) is 1. The van der Waals surface area contributed by atoms with Gasteiger partial charge in [0.05, 0.1) is 6.54 Å². The highest BCUT2D eigenvalue weighted by molar-refractivity contribution is 5.83. The second kappa shape index (κ2) is 6.62. The maximum absolute atomic E-state index is 11.3. The number of aliphatic hydroxyl groups excluding tert-OH is 1. The van der Waals surface area contributed by atoms with Gasteiger partial charge in [-0.05, 0) is 6.92 Å². The van der Waals surface area contributed by atoms with Gasteiger partial charge in [-0.1, -0.05) is 0 Å². The van der Waals surface area contributed by atoms with Crippen molar-refractivity contribution < 1.29 is 24.6 Å². The lowest BCUT2D eigenvalue weighted by Gasteiger charge is -2.20.